The lowest BCUT2D eigenvalue weighted by molar-refractivity contribution is 0.275. The molecule has 0 aliphatic rings. The number of rotatable bonds is 3. The van der Waals surface area contributed by atoms with Crippen LogP contribution in [0, 0.1) is 5.82 Å². The molecular formula is C10H15FN2O. The summed E-state index contributed by atoms with van der Waals surface area (Å²) in [7, 11) is 1.78. The van der Waals surface area contributed by atoms with Gasteiger partial charge in [-0.1, -0.05) is 0 Å². The Kier molecular flexibility index (Phi) is 3.41. The number of aliphatic hydroxyl groups is 1. The van der Waals surface area contributed by atoms with Crippen molar-refractivity contribution in [3.8, 4) is 0 Å². The van der Waals surface area contributed by atoms with Crippen molar-refractivity contribution in [2.24, 2.45) is 0 Å². The Labute approximate surface area is 83.2 Å². The number of aliphatic hydroxyl groups excluding tert-OH is 1. The number of anilines is 1. The minimum atomic E-state index is -0.439. The van der Waals surface area contributed by atoms with Crippen LogP contribution in [-0.4, -0.2) is 23.2 Å². The van der Waals surface area contributed by atoms with Gasteiger partial charge in [0.1, 0.15) is 0 Å². The highest BCUT2D eigenvalue weighted by Crippen LogP contribution is 2.19. The van der Waals surface area contributed by atoms with Crippen molar-refractivity contribution < 1.29 is 9.50 Å². The van der Waals surface area contributed by atoms with E-state index < -0.39 is 5.82 Å². The van der Waals surface area contributed by atoms with E-state index in [0.29, 0.717) is 0 Å². The zero-order valence-electron chi connectivity index (χ0n) is 8.66. The molecule has 0 bridgehead atoms. The molecule has 0 saturated heterocycles. The van der Waals surface area contributed by atoms with E-state index >= 15 is 0 Å². The summed E-state index contributed by atoms with van der Waals surface area (Å²) in [5.41, 5.74) is 0.280. The minimum Gasteiger partial charge on any atom is -0.392 e. The Bertz CT molecular complexity index is 315. The van der Waals surface area contributed by atoms with Crippen molar-refractivity contribution in [2.45, 2.75) is 26.5 Å². The van der Waals surface area contributed by atoms with Gasteiger partial charge in [-0.2, -0.15) is 0 Å². The van der Waals surface area contributed by atoms with E-state index in [0.717, 1.165) is 0 Å². The molecule has 1 aromatic rings. The Morgan fingerprint density at radius 1 is 1.57 bits per heavy atom. The number of nitrogens with zero attached hydrogens (tertiary/aromatic N) is 2. The molecular weight excluding hydrogens is 183 g/mol. The third-order valence-corrected chi connectivity index (χ3v) is 2.23. The van der Waals surface area contributed by atoms with Gasteiger partial charge in [0.05, 0.1) is 6.61 Å². The molecule has 0 spiro atoms. The van der Waals surface area contributed by atoms with Crippen molar-refractivity contribution in [2.75, 3.05) is 11.9 Å². The molecule has 0 aromatic carbocycles. The van der Waals surface area contributed by atoms with Crippen LogP contribution in [0.5, 0.6) is 0 Å². The van der Waals surface area contributed by atoms with Crippen LogP contribution in [0.1, 0.15) is 19.4 Å². The summed E-state index contributed by atoms with van der Waals surface area (Å²) in [5, 5.41) is 8.88. The van der Waals surface area contributed by atoms with Gasteiger partial charge in [0.2, 0.25) is 0 Å². The largest absolute Gasteiger partial charge is 0.392 e. The van der Waals surface area contributed by atoms with Crippen molar-refractivity contribution in [3.63, 3.8) is 0 Å². The SMILES string of the molecule is CC(C)N(C)c1nccc(CO)c1F. The number of halogens is 1. The quantitative estimate of drug-likeness (QED) is 0.800. The second kappa shape index (κ2) is 4.37. The second-order valence-electron chi connectivity index (χ2n) is 3.47. The van der Waals surface area contributed by atoms with Crippen molar-refractivity contribution in [3.05, 3.63) is 23.6 Å². The van der Waals surface area contributed by atoms with E-state index in [1.54, 1.807) is 11.9 Å². The fourth-order valence-corrected chi connectivity index (χ4v) is 1.08. The summed E-state index contributed by atoms with van der Waals surface area (Å²) < 4.78 is 13.6. The molecule has 0 radical (unpaired) electrons. The van der Waals surface area contributed by atoms with Crippen LogP contribution in [0.25, 0.3) is 0 Å². The van der Waals surface area contributed by atoms with Gasteiger partial charge >= 0.3 is 0 Å². The van der Waals surface area contributed by atoms with Crippen LogP contribution >= 0.6 is 0 Å². The van der Waals surface area contributed by atoms with E-state index in [9.17, 15) is 4.39 Å². The van der Waals surface area contributed by atoms with Crippen molar-refractivity contribution >= 4 is 5.82 Å². The molecule has 0 fully saturated rings. The average Bonchev–Trinajstić information content (AvgIpc) is 2.17. The first-order chi connectivity index (χ1) is 6.57. The Morgan fingerprint density at radius 3 is 2.71 bits per heavy atom. The second-order valence-corrected chi connectivity index (χ2v) is 3.47. The zero-order chi connectivity index (χ0) is 10.7. The smallest absolute Gasteiger partial charge is 0.171 e. The lowest BCUT2D eigenvalue weighted by Crippen LogP contribution is -2.27. The number of hydrogen-bond acceptors (Lipinski definition) is 3. The maximum Gasteiger partial charge on any atom is 0.171 e. The Morgan fingerprint density at radius 2 is 2.21 bits per heavy atom. The van der Waals surface area contributed by atoms with Gasteiger partial charge in [0, 0.05) is 24.8 Å². The number of aromatic nitrogens is 1. The molecule has 0 atom stereocenters. The molecule has 1 heterocycles. The number of hydrogen-bond donors (Lipinski definition) is 1. The molecule has 0 saturated carbocycles. The first kappa shape index (κ1) is 10.9. The van der Waals surface area contributed by atoms with Crippen molar-refractivity contribution in [1.29, 1.82) is 0 Å². The van der Waals surface area contributed by atoms with Gasteiger partial charge in [-0.25, -0.2) is 9.37 Å². The molecule has 0 amide bonds. The highest BCUT2D eigenvalue weighted by molar-refractivity contribution is 5.42. The predicted octanol–water partition coefficient (Wildman–Crippen LogP) is 1.56. The molecule has 78 valence electrons. The van der Waals surface area contributed by atoms with E-state index in [2.05, 4.69) is 4.98 Å². The van der Waals surface area contributed by atoms with Crippen LogP contribution in [0.3, 0.4) is 0 Å². The monoisotopic (exact) mass is 198 g/mol. The summed E-state index contributed by atoms with van der Waals surface area (Å²) in [6.45, 7) is 3.60. The molecule has 3 nitrogen and oxygen atoms in total. The average molecular weight is 198 g/mol. The van der Waals surface area contributed by atoms with Gasteiger partial charge < -0.3 is 10.0 Å². The molecule has 1 aromatic heterocycles. The maximum absolute atomic E-state index is 13.6. The van der Waals surface area contributed by atoms with Crippen LogP contribution < -0.4 is 4.90 Å². The maximum atomic E-state index is 13.6. The normalized spacial score (nSPS) is 10.7. The lowest BCUT2D eigenvalue weighted by Gasteiger charge is -2.23. The Hall–Kier alpha value is -1.16. The summed E-state index contributed by atoms with van der Waals surface area (Å²) in [4.78, 5) is 5.68. The van der Waals surface area contributed by atoms with Crippen molar-refractivity contribution in [1.82, 2.24) is 4.98 Å². The Balaban J connectivity index is 3.09. The number of pyridine rings is 1. The van der Waals surface area contributed by atoms with E-state index in [1.165, 1.54) is 12.3 Å². The standard InChI is InChI=1S/C10H15FN2O/c1-7(2)13(3)10-9(11)8(6-14)4-5-12-10/h4-5,7,14H,6H2,1-3H3. The molecule has 1 rings (SSSR count). The first-order valence-electron chi connectivity index (χ1n) is 4.55. The van der Waals surface area contributed by atoms with Gasteiger partial charge in [-0.15, -0.1) is 0 Å². The van der Waals surface area contributed by atoms with Gasteiger partial charge in [-0.05, 0) is 19.9 Å². The van der Waals surface area contributed by atoms with E-state index in [1.807, 2.05) is 13.8 Å². The third-order valence-electron chi connectivity index (χ3n) is 2.23. The van der Waals surface area contributed by atoms with Crippen LogP contribution in [0.15, 0.2) is 12.3 Å². The molecule has 1 N–H and O–H groups in total. The van der Waals surface area contributed by atoms with Gasteiger partial charge in [0.25, 0.3) is 0 Å². The fraction of sp³-hybridized carbons (Fsp3) is 0.500. The predicted molar refractivity (Wildman–Crippen MR) is 53.7 cm³/mol. The summed E-state index contributed by atoms with van der Waals surface area (Å²) in [6.07, 6.45) is 1.50. The van der Waals surface area contributed by atoms with E-state index in [4.69, 9.17) is 5.11 Å². The summed E-state index contributed by atoms with van der Waals surface area (Å²) in [6, 6.07) is 1.65. The topological polar surface area (TPSA) is 36.4 Å². The van der Waals surface area contributed by atoms with Gasteiger partial charge in [-0.3, -0.25) is 0 Å². The van der Waals surface area contributed by atoms with Crippen LogP contribution in [0.2, 0.25) is 0 Å². The first-order valence-corrected chi connectivity index (χ1v) is 4.55. The molecule has 0 aliphatic heterocycles. The summed E-state index contributed by atoms with van der Waals surface area (Å²) in [5.74, 6) is -0.155. The lowest BCUT2D eigenvalue weighted by atomic mass is 10.2. The molecule has 0 aliphatic carbocycles. The third kappa shape index (κ3) is 2.01. The fourth-order valence-electron chi connectivity index (χ4n) is 1.08. The zero-order valence-corrected chi connectivity index (χ0v) is 8.66. The summed E-state index contributed by atoms with van der Waals surface area (Å²) >= 11 is 0. The molecule has 14 heavy (non-hydrogen) atoms. The van der Waals surface area contributed by atoms with Crippen LogP contribution in [0.4, 0.5) is 10.2 Å². The van der Waals surface area contributed by atoms with E-state index in [-0.39, 0.29) is 24.0 Å². The minimum absolute atomic E-state index is 0.172. The highest BCUT2D eigenvalue weighted by Gasteiger charge is 2.14. The van der Waals surface area contributed by atoms with Crippen LogP contribution in [-0.2, 0) is 6.61 Å². The van der Waals surface area contributed by atoms with Gasteiger partial charge in [0.15, 0.2) is 11.6 Å². The highest BCUT2D eigenvalue weighted by atomic mass is 19.1. The molecule has 0 unspecified atom stereocenters. The molecule has 4 heteroatoms.